The number of nitrogens with zero attached hydrogens (tertiary/aromatic N) is 2. The van der Waals surface area contributed by atoms with Crippen LogP contribution < -0.4 is 16.0 Å². The van der Waals surface area contributed by atoms with Crippen LogP contribution >= 0.6 is 0 Å². The molecule has 2 amide bonds. The highest BCUT2D eigenvalue weighted by atomic mass is 16.2. The van der Waals surface area contributed by atoms with Crippen molar-refractivity contribution in [2.75, 3.05) is 25.0 Å². The molecule has 0 bridgehead atoms. The average molecular weight is 360 g/mol. The van der Waals surface area contributed by atoms with Crippen molar-refractivity contribution in [1.82, 2.24) is 15.5 Å². The molecule has 144 valence electrons. The number of hydrogen-bond acceptors (Lipinski definition) is 2. The Morgan fingerprint density at radius 1 is 1.31 bits per heavy atom. The Balaban J connectivity index is 1.95. The number of guanidine groups is 1. The minimum atomic E-state index is -0.181. The van der Waals surface area contributed by atoms with Crippen LogP contribution in [0.4, 0.5) is 10.5 Å². The highest BCUT2D eigenvalue weighted by Gasteiger charge is 2.18. The monoisotopic (exact) mass is 359 g/mol. The van der Waals surface area contributed by atoms with E-state index in [1.807, 2.05) is 38.1 Å². The molecule has 1 aromatic rings. The first-order valence-electron chi connectivity index (χ1n) is 9.67. The predicted molar refractivity (Wildman–Crippen MR) is 109 cm³/mol. The quantitative estimate of drug-likeness (QED) is 0.557. The normalized spacial score (nSPS) is 18.0. The number of rotatable bonds is 5. The summed E-state index contributed by atoms with van der Waals surface area (Å²) >= 11 is 0. The van der Waals surface area contributed by atoms with E-state index in [1.165, 1.54) is 12.8 Å². The maximum atomic E-state index is 11.7. The van der Waals surface area contributed by atoms with Gasteiger partial charge < -0.3 is 20.9 Å². The number of nitrogens with one attached hydrogen (secondary N) is 3. The lowest BCUT2D eigenvalue weighted by Gasteiger charge is -2.33. The van der Waals surface area contributed by atoms with Crippen LogP contribution in [0.5, 0.6) is 0 Å². The third-order valence-corrected chi connectivity index (χ3v) is 4.33. The molecule has 1 aliphatic rings. The van der Waals surface area contributed by atoms with Crippen LogP contribution in [0.15, 0.2) is 29.3 Å². The molecule has 3 N–H and O–H groups in total. The molecule has 0 radical (unpaired) electrons. The van der Waals surface area contributed by atoms with Crippen LogP contribution in [-0.2, 0) is 6.54 Å². The lowest BCUT2D eigenvalue weighted by atomic mass is 10.0. The Kier molecular flexibility index (Phi) is 7.75. The van der Waals surface area contributed by atoms with Gasteiger partial charge in [-0.05, 0) is 57.2 Å². The van der Waals surface area contributed by atoms with Gasteiger partial charge in [-0.1, -0.05) is 19.1 Å². The highest BCUT2D eigenvalue weighted by Crippen LogP contribution is 2.16. The minimum Gasteiger partial charge on any atom is -0.357 e. The van der Waals surface area contributed by atoms with Gasteiger partial charge in [-0.2, -0.15) is 0 Å². The molecule has 1 unspecified atom stereocenters. The second kappa shape index (κ2) is 10.0. The molecular formula is C20H33N5O. The smallest absolute Gasteiger partial charge is 0.319 e. The van der Waals surface area contributed by atoms with Crippen molar-refractivity contribution in [2.24, 2.45) is 10.9 Å². The third-order valence-electron chi connectivity index (χ3n) is 4.33. The molecule has 1 atom stereocenters. The molecule has 6 nitrogen and oxygen atoms in total. The summed E-state index contributed by atoms with van der Waals surface area (Å²) in [5.41, 5.74) is 1.91. The van der Waals surface area contributed by atoms with E-state index in [0.29, 0.717) is 6.54 Å². The first-order chi connectivity index (χ1) is 12.5. The maximum Gasteiger partial charge on any atom is 0.319 e. The van der Waals surface area contributed by atoms with Gasteiger partial charge in [-0.15, -0.1) is 0 Å². The van der Waals surface area contributed by atoms with E-state index in [2.05, 4.69) is 34.7 Å². The fourth-order valence-electron chi connectivity index (χ4n) is 3.10. The molecule has 0 spiro atoms. The van der Waals surface area contributed by atoms with Crippen molar-refractivity contribution >= 4 is 17.7 Å². The molecule has 1 aromatic carbocycles. The van der Waals surface area contributed by atoms with Crippen molar-refractivity contribution in [3.63, 3.8) is 0 Å². The molecule has 6 heteroatoms. The second-order valence-electron chi connectivity index (χ2n) is 7.31. The van der Waals surface area contributed by atoms with Gasteiger partial charge in [-0.3, -0.25) is 0 Å². The average Bonchev–Trinajstić information content (AvgIpc) is 2.59. The fourth-order valence-corrected chi connectivity index (χ4v) is 3.10. The first kappa shape index (κ1) is 20.1. The number of amides is 2. The summed E-state index contributed by atoms with van der Waals surface area (Å²) < 4.78 is 0. The number of piperidine rings is 1. The molecule has 0 aliphatic carbocycles. The van der Waals surface area contributed by atoms with Crippen molar-refractivity contribution < 1.29 is 4.79 Å². The zero-order valence-electron chi connectivity index (χ0n) is 16.5. The predicted octanol–water partition coefficient (Wildman–Crippen LogP) is 3.41. The van der Waals surface area contributed by atoms with E-state index in [4.69, 9.17) is 4.99 Å². The molecule has 1 heterocycles. The van der Waals surface area contributed by atoms with E-state index in [-0.39, 0.29) is 12.1 Å². The maximum absolute atomic E-state index is 11.7. The lowest BCUT2D eigenvalue weighted by molar-refractivity contribution is 0.250. The molecule has 1 saturated heterocycles. The molecule has 2 rings (SSSR count). The van der Waals surface area contributed by atoms with Gasteiger partial charge in [0.2, 0.25) is 0 Å². The number of hydrogen-bond donors (Lipinski definition) is 3. The molecule has 0 saturated carbocycles. The van der Waals surface area contributed by atoms with Crippen molar-refractivity contribution in [1.29, 1.82) is 0 Å². The van der Waals surface area contributed by atoms with E-state index in [1.54, 1.807) is 0 Å². The van der Waals surface area contributed by atoms with Crippen LogP contribution in [0.2, 0.25) is 0 Å². The summed E-state index contributed by atoms with van der Waals surface area (Å²) in [6.45, 7) is 11.9. The Bertz CT molecular complexity index is 597. The molecular weight excluding hydrogens is 326 g/mol. The number of carbonyl (C=O) groups excluding carboxylic acids is 1. The van der Waals surface area contributed by atoms with Crippen LogP contribution in [-0.4, -0.2) is 42.6 Å². The Labute approximate surface area is 157 Å². The summed E-state index contributed by atoms with van der Waals surface area (Å²) in [6.07, 6.45) is 2.53. The van der Waals surface area contributed by atoms with Gasteiger partial charge in [0.05, 0.1) is 6.54 Å². The van der Waals surface area contributed by atoms with Gasteiger partial charge >= 0.3 is 6.03 Å². The van der Waals surface area contributed by atoms with Gasteiger partial charge in [-0.25, -0.2) is 9.79 Å². The van der Waals surface area contributed by atoms with Gasteiger partial charge in [0.15, 0.2) is 5.96 Å². The zero-order valence-corrected chi connectivity index (χ0v) is 16.5. The summed E-state index contributed by atoms with van der Waals surface area (Å²) in [6, 6.07) is 7.79. The number of carbonyl (C=O) groups is 1. The van der Waals surface area contributed by atoms with Gasteiger partial charge in [0, 0.05) is 31.4 Å². The Hall–Kier alpha value is -2.24. The van der Waals surface area contributed by atoms with E-state index < -0.39 is 0 Å². The van der Waals surface area contributed by atoms with Crippen LogP contribution in [0.3, 0.4) is 0 Å². The lowest BCUT2D eigenvalue weighted by Crippen LogP contribution is -2.46. The minimum absolute atomic E-state index is 0.116. The largest absolute Gasteiger partial charge is 0.357 e. The molecule has 1 aliphatic heterocycles. The standard InChI is InChI=1S/C20H33N5O/c1-5-21-19(25-12-6-7-16(4)14-25)22-13-17-8-10-18(11-9-17)24-20(26)23-15(2)3/h8-11,15-16H,5-7,12-14H2,1-4H3,(H,21,22)(H2,23,24,26). The molecule has 1 fully saturated rings. The second-order valence-corrected chi connectivity index (χ2v) is 7.31. The Morgan fingerprint density at radius 2 is 2.04 bits per heavy atom. The van der Waals surface area contributed by atoms with Crippen LogP contribution in [0.1, 0.15) is 46.1 Å². The topological polar surface area (TPSA) is 68.8 Å². The molecule has 26 heavy (non-hydrogen) atoms. The van der Waals surface area contributed by atoms with Crippen LogP contribution in [0.25, 0.3) is 0 Å². The highest BCUT2D eigenvalue weighted by molar-refractivity contribution is 5.89. The van der Waals surface area contributed by atoms with E-state index in [0.717, 1.165) is 42.8 Å². The molecule has 0 aromatic heterocycles. The van der Waals surface area contributed by atoms with Crippen molar-refractivity contribution in [2.45, 2.75) is 53.1 Å². The zero-order chi connectivity index (χ0) is 18.9. The van der Waals surface area contributed by atoms with Gasteiger partial charge in [0.1, 0.15) is 0 Å². The van der Waals surface area contributed by atoms with Crippen molar-refractivity contribution in [3.8, 4) is 0 Å². The number of urea groups is 1. The van der Waals surface area contributed by atoms with E-state index >= 15 is 0 Å². The summed E-state index contributed by atoms with van der Waals surface area (Å²) in [5, 5.41) is 9.06. The fraction of sp³-hybridized carbons (Fsp3) is 0.600. The first-order valence-corrected chi connectivity index (χ1v) is 9.67. The number of anilines is 1. The van der Waals surface area contributed by atoms with Crippen molar-refractivity contribution in [3.05, 3.63) is 29.8 Å². The number of likely N-dealkylation sites (tertiary alicyclic amines) is 1. The SMILES string of the molecule is CCNC(=NCc1ccc(NC(=O)NC(C)C)cc1)N1CCCC(C)C1. The number of benzene rings is 1. The summed E-state index contributed by atoms with van der Waals surface area (Å²) in [7, 11) is 0. The van der Waals surface area contributed by atoms with E-state index in [9.17, 15) is 4.79 Å². The summed E-state index contributed by atoms with van der Waals surface area (Å²) in [4.78, 5) is 18.9. The number of aliphatic imine (C=N–C) groups is 1. The third kappa shape index (κ3) is 6.58. The Morgan fingerprint density at radius 3 is 2.65 bits per heavy atom. The van der Waals surface area contributed by atoms with Crippen LogP contribution in [0, 0.1) is 5.92 Å². The summed E-state index contributed by atoms with van der Waals surface area (Å²) in [5.74, 6) is 1.72. The van der Waals surface area contributed by atoms with Gasteiger partial charge in [0.25, 0.3) is 0 Å².